The van der Waals surface area contributed by atoms with Crippen LogP contribution in [0.5, 0.6) is 5.75 Å². The number of hydrogen-bond acceptors (Lipinski definition) is 4. The van der Waals surface area contributed by atoms with Crippen LogP contribution in [0.1, 0.15) is 0 Å². The molecule has 0 bridgehead atoms. The van der Waals surface area contributed by atoms with E-state index in [0.29, 0.717) is 11.3 Å². The number of nitrogens with two attached hydrogens (primary N) is 1. The molecule has 0 fully saturated rings. The van der Waals surface area contributed by atoms with Gasteiger partial charge in [-0.25, -0.2) is 14.4 Å². The molecule has 0 aliphatic heterocycles. The van der Waals surface area contributed by atoms with Gasteiger partial charge in [0.2, 0.25) is 5.95 Å². The van der Waals surface area contributed by atoms with Gasteiger partial charge in [0.25, 0.3) is 0 Å². The van der Waals surface area contributed by atoms with E-state index in [4.69, 9.17) is 10.5 Å². The summed E-state index contributed by atoms with van der Waals surface area (Å²) in [4.78, 5) is 7.42. The van der Waals surface area contributed by atoms with Crippen molar-refractivity contribution in [1.82, 2.24) is 9.97 Å². The van der Waals surface area contributed by atoms with E-state index < -0.39 is 5.82 Å². The summed E-state index contributed by atoms with van der Waals surface area (Å²) in [6.45, 7) is 0. The molecule has 4 nitrogen and oxygen atoms in total. The SMILES string of the molecule is COc1cccc(-c2nc(N)ncc2F)c1. The first kappa shape index (κ1) is 10.4. The number of hydrogen-bond donors (Lipinski definition) is 1. The van der Waals surface area contributed by atoms with Gasteiger partial charge in [0.05, 0.1) is 13.3 Å². The van der Waals surface area contributed by atoms with Gasteiger partial charge >= 0.3 is 0 Å². The largest absolute Gasteiger partial charge is 0.497 e. The van der Waals surface area contributed by atoms with Crippen LogP contribution in [0, 0.1) is 5.82 Å². The summed E-state index contributed by atoms with van der Waals surface area (Å²) in [5.74, 6) is 0.163. The lowest BCUT2D eigenvalue weighted by molar-refractivity contribution is 0.415. The molecule has 0 atom stereocenters. The van der Waals surface area contributed by atoms with Crippen LogP contribution in [0.2, 0.25) is 0 Å². The van der Waals surface area contributed by atoms with E-state index in [9.17, 15) is 4.39 Å². The molecule has 0 aliphatic rings. The van der Waals surface area contributed by atoms with Crippen molar-refractivity contribution in [3.8, 4) is 17.0 Å². The second kappa shape index (κ2) is 4.14. The third-order valence-corrected chi connectivity index (χ3v) is 2.11. The number of halogens is 1. The predicted molar refractivity (Wildman–Crippen MR) is 58.4 cm³/mol. The number of ether oxygens (including phenoxy) is 1. The van der Waals surface area contributed by atoms with Gasteiger partial charge < -0.3 is 10.5 Å². The van der Waals surface area contributed by atoms with Gasteiger partial charge in [-0.1, -0.05) is 12.1 Å². The molecule has 0 radical (unpaired) electrons. The maximum Gasteiger partial charge on any atom is 0.220 e. The molecule has 0 unspecified atom stereocenters. The Morgan fingerprint density at radius 1 is 1.38 bits per heavy atom. The molecule has 0 aliphatic carbocycles. The van der Waals surface area contributed by atoms with Gasteiger partial charge in [-0.15, -0.1) is 0 Å². The Balaban J connectivity index is 2.53. The lowest BCUT2D eigenvalue weighted by atomic mass is 10.1. The fourth-order valence-electron chi connectivity index (χ4n) is 1.35. The molecule has 0 spiro atoms. The number of nitrogens with zero attached hydrogens (tertiary/aromatic N) is 2. The van der Waals surface area contributed by atoms with Crippen LogP contribution in [-0.4, -0.2) is 17.1 Å². The normalized spacial score (nSPS) is 10.1. The highest BCUT2D eigenvalue weighted by molar-refractivity contribution is 5.62. The Hall–Kier alpha value is -2.17. The third-order valence-electron chi connectivity index (χ3n) is 2.11. The molecule has 2 N–H and O–H groups in total. The van der Waals surface area contributed by atoms with Crippen molar-refractivity contribution in [3.05, 3.63) is 36.3 Å². The van der Waals surface area contributed by atoms with Crippen molar-refractivity contribution in [3.63, 3.8) is 0 Å². The van der Waals surface area contributed by atoms with Crippen molar-refractivity contribution < 1.29 is 9.13 Å². The molecule has 1 heterocycles. The van der Waals surface area contributed by atoms with E-state index in [1.54, 1.807) is 31.4 Å². The molecule has 5 heteroatoms. The molecular weight excluding hydrogens is 209 g/mol. The lowest BCUT2D eigenvalue weighted by Gasteiger charge is -2.05. The highest BCUT2D eigenvalue weighted by Gasteiger charge is 2.08. The molecule has 1 aromatic carbocycles. The maximum atomic E-state index is 13.5. The maximum absolute atomic E-state index is 13.5. The molecular formula is C11H10FN3O. The Morgan fingerprint density at radius 3 is 2.94 bits per heavy atom. The molecule has 0 saturated heterocycles. The number of aromatic nitrogens is 2. The van der Waals surface area contributed by atoms with Gasteiger partial charge in [0, 0.05) is 5.56 Å². The second-order valence-electron chi connectivity index (χ2n) is 3.16. The Kier molecular flexibility index (Phi) is 2.68. The zero-order chi connectivity index (χ0) is 11.5. The van der Waals surface area contributed by atoms with E-state index in [1.807, 2.05) is 0 Å². The molecule has 0 amide bonds. The standard InChI is InChI=1S/C11H10FN3O/c1-16-8-4-2-3-7(5-8)10-9(12)6-14-11(13)15-10/h2-6H,1H3,(H2,13,14,15). The topological polar surface area (TPSA) is 61.0 Å². The minimum atomic E-state index is -0.512. The van der Waals surface area contributed by atoms with E-state index in [-0.39, 0.29) is 11.6 Å². The summed E-state index contributed by atoms with van der Waals surface area (Å²) in [7, 11) is 1.55. The average molecular weight is 219 g/mol. The summed E-state index contributed by atoms with van der Waals surface area (Å²) < 4.78 is 18.5. The zero-order valence-electron chi connectivity index (χ0n) is 8.64. The summed E-state index contributed by atoms with van der Waals surface area (Å²) in [5, 5.41) is 0. The highest BCUT2D eigenvalue weighted by Crippen LogP contribution is 2.24. The first-order valence-corrected chi connectivity index (χ1v) is 4.63. The van der Waals surface area contributed by atoms with E-state index in [0.717, 1.165) is 6.20 Å². The molecule has 2 rings (SSSR count). The molecule has 16 heavy (non-hydrogen) atoms. The number of nitrogen functional groups attached to an aromatic ring is 1. The van der Waals surface area contributed by atoms with Crippen LogP contribution >= 0.6 is 0 Å². The summed E-state index contributed by atoms with van der Waals surface area (Å²) >= 11 is 0. The third kappa shape index (κ3) is 1.93. The van der Waals surface area contributed by atoms with E-state index in [2.05, 4.69) is 9.97 Å². The van der Waals surface area contributed by atoms with Crippen LogP contribution in [0.3, 0.4) is 0 Å². The van der Waals surface area contributed by atoms with Crippen LogP contribution in [-0.2, 0) is 0 Å². The van der Waals surface area contributed by atoms with Gasteiger partial charge in [-0.2, -0.15) is 0 Å². The Morgan fingerprint density at radius 2 is 2.19 bits per heavy atom. The minimum absolute atomic E-state index is 0.0409. The Labute approximate surface area is 91.9 Å². The molecule has 0 saturated carbocycles. The van der Waals surface area contributed by atoms with E-state index in [1.165, 1.54) is 0 Å². The van der Waals surface area contributed by atoms with Gasteiger partial charge in [-0.05, 0) is 12.1 Å². The number of rotatable bonds is 2. The molecule has 1 aromatic heterocycles. The van der Waals surface area contributed by atoms with Crippen LogP contribution in [0.25, 0.3) is 11.3 Å². The predicted octanol–water partition coefficient (Wildman–Crippen LogP) is 1.87. The number of anilines is 1. The minimum Gasteiger partial charge on any atom is -0.497 e. The first-order chi connectivity index (χ1) is 7.70. The van der Waals surface area contributed by atoms with Crippen molar-refractivity contribution in [1.29, 1.82) is 0 Å². The summed E-state index contributed by atoms with van der Waals surface area (Å²) in [6.07, 6.45) is 1.05. The summed E-state index contributed by atoms with van der Waals surface area (Å²) in [6, 6.07) is 6.94. The van der Waals surface area contributed by atoms with Gasteiger partial charge in [0.15, 0.2) is 5.82 Å². The van der Waals surface area contributed by atoms with Crippen molar-refractivity contribution >= 4 is 5.95 Å². The fourth-order valence-corrected chi connectivity index (χ4v) is 1.35. The van der Waals surface area contributed by atoms with Crippen molar-refractivity contribution in [2.24, 2.45) is 0 Å². The van der Waals surface area contributed by atoms with Crippen LogP contribution < -0.4 is 10.5 Å². The first-order valence-electron chi connectivity index (χ1n) is 4.63. The zero-order valence-corrected chi connectivity index (χ0v) is 8.64. The monoisotopic (exact) mass is 219 g/mol. The number of benzene rings is 1. The van der Waals surface area contributed by atoms with Crippen LogP contribution in [0.15, 0.2) is 30.5 Å². The molecule has 82 valence electrons. The van der Waals surface area contributed by atoms with Crippen molar-refractivity contribution in [2.45, 2.75) is 0 Å². The summed E-state index contributed by atoms with van der Waals surface area (Å²) in [5.41, 5.74) is 6.19. The lowest BCUT2D eigenvalue weighted by Crippen LogP contribution is -1.98. The van der Waals surface area contributed by atoms with Crippen LogP contribution in [0.4, 0.5) is 10.3 Å². The van der Waals surface area contributed by atoms with E-state index >= 15 is 0 Å². The van der Waals surface area contributed by atoms with Gasteiger partial charge in [0.1, 0.15) is 11.4 Å². The average Bonchev–Trinajstić information content (AvgIpc) is 2.32. The quantitative estimate of drug-likeness (QED) is 0.837. The Bertz CT molecular complexity index is 516. The fraction of sp³-hybridized carbons (Fsp3) is 0.0909. The second-order valence-corrected chi connectivity index (χ2v) is 3.16. The number of methoxy groups -OCH3 is 1. The smallest absolute Gasteiger partial charge is 0.220 e. The van der Waals surface area contributed by atoms with Crippen molar-refractivity contribution in [2.75, 3.05) is 12.8 Å². The molecule has 2 aromatic rings. The van der Waals surface area contributed by atoms with Gasteiger partial charge in [-0.3, -0.25) is 0 Å². The highest BCUT2D eigenvalue weighted by atomic mass is 19.1.